The van der Waals surface area contributed by atoms with Gasteiger partial charge in [-0.1, -0.05) is 32.0 Å². The Hall–Kier alpha value is -4.46. The highest BCUT2D eigenvalue weighted by Crippen LogP contribution is 2.39. The molecule has 3 N–H and O–H groups in total. The van der Waals surface area contributed by atoms with E-state index in [0.717, 1.165) is 44.3 Å². The fourth-order valence-corrected chi connectivity index (χ4v) is 5.74. The van der Waals surface area contributed by atoms with Crippen molar-refractivity contribution in [1.29, 1.82) is 0 Å². The third-order valence-corrected chi connectivity index (χ3v) is 7.52. The number of anilines is 1. The van der Waals surface area contributed by atoms with Crippen LogP contribution in [0.2, 0.25) is 0 Å². The minimum Gasteiger partial charge on any atom is -0.494 e. The number of nitrogens with one attached hydrogen (secondary N) is 2. The predicted molar refractivity (Wildman–Crippen MR) is 158 cm³/mol. The molecule has 0 saturated heterocycles. The van der Waals surface area contributed by atoms with Gasteiger partial charge < -0.3 is 25.0 Å². The molecule has 8 nitrogen and oxygen atoms in total. The van der Waals surface area contributed by atoms with E-state index in [4.69, 9.17) is 4.74 Å². The van der Waals surface area contributed by atoms with Crippen LogP contribution in [0.1, 0.15) is 51.3 Å². The van der Waals surface area contributed by atoms with E-state index < -0.39 is 5.60 Å². The van der Waals surface area contributed by atoms with Crippen molar-refractivity contribution in [2.45, 2.75) is 58.7 Å². The van der Waals surface area contributed by atoms with Gasteiger partial charge in [-0.15, -0.1) is 0 Å². The number of hydrogen-bond acceptors (Lipinski definition) is 5. The van der Waals surface area contributed by atoms with Gasteiger partial charge in [-0.3, -0.25) is 4.57 Å². The van der Waals surface area contributed by atoms with Gasteiger partial charge in [0.25, 0.3) is 0 Å². The number of aromatic amines is 1. The van der Waals surface area contributed by atoms with Gasteiger partial charge in [0.05, 0.1) is 5.39 Å². The van der Waals surface area contributed by atoms with Gasteiger partial charge in [0.15, 0.2) is 0 Å². The van der Waals surface area contributed by atoms with E-state index >= 15 is 0 Å². The van der Waals surface area contributed by atoms with Crippen molar-refractivity contribution in [2.75, 3.05) is 11.9 Å². The molecule has 1 amide bonds. The zero-order valence-electron chi connectivity index (χ0n) is 23.6. The number of aromatic nitrogens is 3. The standard InChI is InChI=1S/C32H35N5O3/c1-31(2,3)40-30(39)36-17-21-14-23(11-12-25(21)32(4,5)19-36)37-18-20-8-6-10-26(27(20)29(37)38)34-15-22-16-35-28-24(22)9-7-13-33-28/h6-14,16,18,34,38H,15,17,19H2,1-5H3,(H,33,35). The van der Waals surface area contributed by atoms with Crippen molar-refractivity contribution < 1.29 is 14.6 Å². The molecule has 0 saturated carbocycles. The number of hydrogen-bond donors (Lipinski definition) is 3. The molecule has 0 spiro atoms. The number of pyridine rings is 1. The average Bonchev–Trinajstić information content (AvgIpc) is 3.47. The zero-order valence-corrected chi connectivity index (χ0v) is 23.6. The van der Waals surface area contributed by atoms with Crippen LogP contribution in [0.25, 0.3) is 27.5 Å². The second kappa shape index (κ2) is 9.33. The Morgan fingerprint density at radius 3 is 2.80 bits per heavy atom. The first-order valence-electron chi connectivity index (χ1n) is 13.6. The van der Waals surface area contributed by atoms with E-state index in [9.17, 15) is 9.90 Å². The van der Waals surface area contributed by atoms with E-state index in [2.05, 4.69) is 41.3 Å². The Bertz CT molecular complexity index is 1740. The second-order valence-electron chi connectivity index (χ2n) is 12.2. The molecule has 0 bridgehead atoms. The number of nitrogens with zero attached hydrogens (tertiary/aromatic N) is 3. The zero-order chi connectivity index (χ0) is 28.2. The van der Waals surface area contributed by atoms with Gasteiger partial charge in [0.2, 0.25) is 5.88 Å². The molecular weight excluding hydrogens is 502 g/mol. The van der Waals surface area contributed by atoms with Gasteiger partial charge in [0.1, 0.15) is 11.2 Å². The van der Waals surface area contributed by atoms with Gasteiger partial charge in [0, 0.05) is 65.8 Å². The summed E-state index contributed by atoms with van der Waals surface area (Å²) in [5, 5.41) is 17.7. The van der Waals surface area contributed by atoms with Gasteiger partial charge in [-0.2, -0.15) is 0 Å². The number of benzene rings is 2. The van der Waals surface area contributed by atoms with Crippen LogP contribution in [-0.2, 0) is 23.2 Å². The summed E-state index contributed by atoms with van der Waals surface area (Å²) in [5.41, 5.74) is 5.09. The maximum Gasteiger partial charge on any atom is 0.410 e. The van der Waals surface area contributed by atoms with E-state index in [1.54, 1.807) is 11.1 Å². The first kappa shape index (κ1) is 25.8. The SMILES string of the molecule is CC(C)(C)OC(=O)N1Cc2cc(-n3cc4cccc(NCc5c[nH]c6ncccc56)c4c3O)ccc2C(C)(C)C1. The summed E-state index contributed by atoms with van der Waals surface area (Å²) in [4.78, 5) is 22.3. The highest BCUT2D eigenvalue weighted by atomic mass is 16.6. The van der Waals surface area contributed by atoms with E-state index in [-0.39, 0.29) is 17.4 Å². The van der Waals surface area contributed by atoms with Crippen molar-refractivity contribution in [3.05, 3.63) is 83.8 Å². The molecule has 0 aliphatic carbocycles. The lowest BCUT2D eigenvalue weighted by Crippen LogP contribution is -2.46. The summed E-state index contributed by atoms with van der Waals surface area (Å²) < 4.78 is 7.49. The Morgan fingerprint density at radius 1 is 1.18 bits per heavy atom. The topological polar surface area (TPSA) is 95.4 Å². The van der Waals surface area contributed by atoms with Crippen molar-refractivity contribution >= 4 is 33.6 Å². The Kier molecular flexibility index (Phi) is 6.02. The molecule has 0 unspecified atom stereocenters. The predicted octanol–water partition coefficient (Wildman–Crippen LogP) is 6.85. The number of rotatable bonds is 4. The molecule has 40 heavy (non-hydrogen) atoms. The monoisotopic (exact) mass is 537 g/mol. The fourth-order valence-electron chi connectivity index (χ4n) is 5.74. The number of carbonyl (C=O) groups excluding carboxylic acids is 1. The third-order valence-electron chi connectivity index (χ3n) is 7.52. The molecular formula is C32H35N5O3. The summed E-state index contributed by atoms with van der Waals surface area (Å²) in [6.07, 6.45) is 5.37. The van der Waals surface area contributed by atoms with Crippen molar-refractivity contribution in [3.8, 4) is 11.6 Å². The van der Waals surface area contributed by atoms with Crippen molar-refractivity contribution in [3.63, 3.8) is 0 Å². The average molecular weight is 538 g/mol. The van der Waals surface area contributed by atoms with Gasteiger partial charge in [-0.05, 0) is 67.8 Å². The first-order chi connectivity index (χ1) is 19.0. The Labute approximate surface area is 233 Å². The second-order valence-corrected chi connectivity index (χ2v) is 12.2. The third kappa shape index (κ3) is 4.63. The molecule has 8 heteroatoms. The lowest BCUT2D eigenvalue weighted by atomic mass is 9.78. The molecule has 1 aliphatic heterocycles. The molecule has 206 valence electrons. The lowest BCUT2D eigenvalue weighted by Gasteiger charge is -2.40. The van der Waals surface area contributed by atoms with E-state index in [1.165, 1.54) is 5.56 Å². The van der Waals surface area contributed by atoms with Crippen LogP contribution in [0, 0.1) is 0 Å². The maximum absolute atomic E-state index is 12.9. The van der Waals surface area contributed by atoms with Crippen LogP contribution in [0.15, 0.2) is 67.1 Å². The summed E-state index contributed by atoms with van der Waals surface area (Å²) in [7, 11) is 0. The molecule has 2 aromatic carbocycles. The molecule has 4 heterocycles. The van der Waals surface area contributed by atoms with Crippen LogP contribution in [0.4, 0.5) is 10.5 Å². The fraction of sp³-hybridized carbons (Fsp3) is 0.312. The Balaban J connectivity index is 1.32. The number of aromatic hydroxyl groups is 1. The first-order valence-corrected chi connectivity index (χ1v) is 13.6. The van der Waals surface area contributed by atoms with Crippen LogP contribution in [-0.4, -0.2) is 42.8 Å². The Morgan fingerprint density at radius 2 is 2.00 bits per heavy atom. The maximum atomic E-state index is 12.9. The number of carbonyl (C=O) groups is 1. The number of ether oxygens (including phenoxy) is 1. The van der Waals surface area contributed by atoms with Crippen LogP contribution in [0.3, 0.4) is 0 Å². The van der Waals surface area contributed by atoms with E-state index in [0.29, 0.717) is 19.6 Å². The quantitative estimate of drug-likeness (QED) is 0.233. The number of amides is 1. The number of fused-ring (bicyclic) bond motifs is 3. The largest absolute Gasteiger partial charge is 0.494 e. The molecule has 0 atom stereocenters. The lowest BCUT2D eigenvalue weighted by molar-refractivity contribution is 0.0174. The molecule has 3 aromatic heterocycles. The number of H-pyrrole nitrogens is 1. The van der Waals surface area contributed by atoms with Crippen molar-refractivity contribution in [2.24, 2.45) is 0 Å². The summed E-state index contributed by atoms with van der Waals surface area (Å²) >= 11 is 0. The van der Waals surface area contributed by atoms with Crippen LogP contribution in [0.5, 0.6) is 5.88 Å². The minimum atomic E-state index is -0.558. The minimum absolute atomic E-state index is 0.165. The highest BCUT2D eigenvalue weighted by Gasteiger charge is 2.36. The molecule has 0 fully saturated rings. The molecule has 5 aromatic rings. The van der Waals surface area contributed by atoms with Gasteiger partial charge >= 0.3 is 6.09 Å². The molecule has 1 aliphatic rings. The highest BCUT2D eigenvalue weighted by molar-refractivity contribution is 5.99. The summed E-state index contributed by atoms with van der Waals surface area (Å²) in [6.45, 7) is 11.6. The van der Waals surface area contributed by atoms with Crippen LogP contribution >= 0.6 is 0 Å². The normalized spacial score (nSPS) is 14.9. The van der Waals surface area contributed by atoms with Crippen LogP contribution < -0.4 is 5.32 Å². The smallest absolute Gasteiger partial charge is 0.410 e. The summed E-state index contributed by atoms with van der Waals surface area (Å²) in [5.74, 6) is 0.165. The summed E-state index contributed by atoms with van der Waals surface area (Å²) in [6, 6.07) is 16.2. The van der Waals surface area contributed by atoms with Crippen molar-refractivity contribution in [1.82, 2.24) is 19.4 Å². The van der Waals surface area contributed by atoms with Gasteiger partial charge in [-0.25, -0.2) is 9.78 Å². The van der Waals surface area contributed by atoms with E-state index in [1.807, 2.05) is 74.1 Å². The molecule has 6 rings (SSSR count). The molecule has 0 radical (unpaired) electrons.